The van der Waals surface area contributed by atoms with Crippen LogP contribution in [0, 0.1) is 0 Å². The van der Waals surface area contributed by atoms with Gasteiger partial charge < -0.3 is 10.2 Å². The van der Waals surface area contributed by atoms with Gasteiger partial charge in [0.1, 0.15) is 0 Å². The zero-order valence-electron chi connectivity index (χ0n) is 8.66. The van der Waals surface area contributed by atoms with E-state index in [1.165, 1.54) is 5.56 Å². The Bertz CT molecular complexity index is 285. The van der Waals surface area contributed by atoms with Crippen LogP contribution in [0.3, 0.4) is 0 Å². The maximum Gasteiger partial charge on any atom is 0.0920 e. The highest BCUT2D eigenvalue weighted by atomic mass is 32.1. The lowest BCUT2D eigenvalue weighted by Gasteiger charge is -2.19. The molecule has 2 nitrogen and oxygen atoms in total. The van der Waals surface area contributed by atoms with Crippen molar-refractivity contribution in [2.75, 3.05) is 20.6 Å². The molecular formula is C11H16N2S. The molecule has 0 unspecified atom stereocenters. The lowest BCUT2D eigenvalue weighted by atomic mass is 10.2. The number of rotatable bonds is 4. The molecule has 1 aromatic carbocycles. The van der Waals surface area contributed by atoms with Crippen LogP contribution in [-0.4, -0.2) is 30.5 Å². The highest BCUT2D eigenvalue weighted by Crippen LogP contribution is 2.02. The molecule has 0 aliphatic carbocycles. The van der Waals surface area contributed by atoms with Gasteiger partial charge in [-0.15, -0.1) is 0 Å². The monoisotopic (exact) mass is 208 g/mol. The fraction of sp³-hybridized carbons (Fsp3) is 0.364. The second kappa shape index (κ2) is 5.73. The number of hydrogen-bond donors (Lipinski definition) is 1. The van der Waals surface area contributed by atoms with Gasteiger partial charge in [-0.3, -0.25) is 0 Å². The van der Waals surface area contributed by atoms with Gasteiger partial charge >= 0.3 is 0 Å². The Morgan fingerprint density at radius 3 is 2.57 bits per heavy atom. The van der Waals surface area contributed by atoms with Crippen molar-refractivity contribution in [3.8, 4) is 0 Å². The Hall–Kier alpha value is -0.930. The van der Waals surface area contributed by atoms with E-state index in [2.05, 4.69) is 22.3 Å². The van der Waals surface area contributed by atoms with Crippen LogP contribution in [0.15, 0.2) is 30.3 Å². The number of hydrogen-bond acceptors (Lipinski definition) is 2. The molecule has 1 rings (SSSR count). The predicted molar refractivity (Wildman–Crippen MR) is 64.4 cm³/mol. The van der Waals surface area contributed by atoms with Crippen molar-refractivity contribution in [1.29, 1.82) is 0 Å². The van der Waals surface area contributed by atoms with Gasteiger partial charge in [0.2, 0.25) is 0 Å². The van der Waals surface area contributed by atoms with Crippen molar-refractivity contribution in [3.63, 3.8) is 0 Å². The van der Waals surface area contributed by atoms with Crippen molar-refractivity contribution in [3.05, 3.63) is 35.9 Å². The molecule has 1 aromatic rings. The van der Waals surface area contributed by atoms with E-state index in [4.69, 9.17) is 12.2 Å². The number of benzene rings is 1. The van der Waals surface area contributed by atoms with E-state index >= 15 is 0 Å². The first kappa shape index (κ1) is 11.1. The van der Waals surface area contributed by atoms with Gasteiger partial charge in [-0.05, 0) is 12.6 Å². The summed E-state index contributed by atoms with van der Waals surface area (Å²) in [6.07, 6.45) is 0. The molecule has 0 saturated carbocycles. The van der Waals surface area contributed by atoms with E-state index in [-0.39, 0.29) is 0 Å². The SMILES string of the molecule is CNCC(=S)N(C)Cc1ccccc1. The zero-order valence-corrected chi connectivity index (χ0v) is 9.47. The minimum absolute atomic E-state index is 0.763. The van der Waals surface area contributed by atoms with Crippen molar-refractivity contribution < 1.29 is 0 Å². The summed E-state index contributed by atoms with van der Waals surface area (Å²) < 4.78 is 0. The maximum absolute atomic E-state index is 5.24. The van der Waals surface area contributed by atoms with Crippen molar-refractivity contribution in [2.24, 2.45) is 0 Å². The minimum Gasteiger partial charge on any atom is -0.364 e. The van der Waals surface area contributed by atoms with E-state index in [0.717, 1.165) is 18.1 Å². The number of nitrogens with one attached hydrogen (secondary N) is 1. The van der Waals surface area contributed by atoms with E-state index in [1.54, 1.807) is 0 Å². The molecule has 0 aliphatic heterocycles. The molecule has 0 bridgehead atoms. The fourth-order valence-corrected chi connectivity index (χ4v) is 1.44. The summed E-state index contributed by atoms with van der Waals surface area (Å²) in [4.78, 5) is 3.03. The summed E-state index contributed by atoms with van der Waals surface area (Å²) in [5, 5.41) is 3.05. The maximum atomic E-state index is 5.24. The molecule has 14 heavy (non-hydrogen) atoms. The third-order valence-corrected chi connectivity index (χ3v) is 2.47. The zero-order chi connectivity index (χ0) is 10.4. The standard InChI is InChI=1S/C11H16N2S/c1-12-8-11(14)13(2)9-10-6-4-3-5-7-10/h3-7,12H,8-9H2,1-2H3. The Labute approximate surface area is 90.9 Å². The van der Waals surface area contributed by atoms with Crippen LogP contribution < -0.4 is 5.32 Å². The Morgan fingerprint density at radius 1 is 1.36 bits per heavy atom. The smallest absolute Gasteiger partial charge is 0.0920 e. The molecule has 3 heteroatoms. The Morgan fingerprint density at radius 2 is 2.00 bits per heavy atom. The molecule has 0 heterocycles. The fourth-order valence-electron chi connectivity index (χ4n) is 1.23. The largest absolute Gasteiger partial charge is 0.364 e. The summed E-state index contributed by atoms with van der Waals surface area (Å²) in [5.41, 5.74) is 1.29. The molecule has 1 N–H and O–H groups in total. The second-order valence-corrected chi connectivity index (χ2v) is 3.74. The van der Waals surface area contributed by atoms with Crippen LogP contribution in [0.1, 0.15) is 5.56 Å². The van der Waals surface area contributed by atoms with Gasteiger partial charge in [0, 0.05) is 20.1 Å². The van der Waals surface area contributed by atoms with E-state index in [1.807, 2.05) is 32.3 Å². The molecule has 0 aromatic heterocycles. The summed E-state index contributed by atoms with van der Waals surface area (Å²) in [6.45, 7) is 1.64. The highest BCUT2D eigenvalue weighted by Gasteiger charge is 2.02. The van der Waals surface area contributed by atoms with Crippen LogP contribution in [0.25, 0.3) is 0 Å². The van der Waals surface area contributed by atoms with E-state index in [0.29, 0.717) is 0 Å². The summed E-state index contributed by atoms with van der Waals surface area (Å²) in [6, 6.07) is 10.3. The first-order chi connectivity index (χ1) is 6.74. The van der Waals surface area contributed by atoms with Crippen LogP contribution in [0.5, 0.6) is 0 Å². The third kappa shape index (κ3) is 3.44. The Kier molecular flexibility index (Phi) is 4.56. The van der Waals surface area contributed by atoms with Gasteiger partial charge in [-0.2, -0.15) is 0 Å². The van der Waals surface area contributed by atoms with Gasteiger partial charge in [-0.25, -0.2) is 0 Å². The summed E-state index contributed by atoms with van der Waals surface area (Å²) in [7, 11) is 3.93. The van der Waals surface area contributed by atoms with Gasteiger partial charge in [-0.1, -0.05) is 42.5 Å². The third-order valence-electron chi connectivity index (χ3n) is 2.02. The lowest BCUT2D eigenvalue weighted by Crippen LogP contribution is -2.32. The first-order valence-corrected chi connectivity index (χ1v) is 5.07. The predicted octanol–water partition coefficient (Wildman–Crippen LogP) is 1.67. The van der Waals surface area contributed by atoms with Crippen LogP contribution in [-0.2, 0) is 6.54 Å². The molecule has 0 atom stereocenters. The summed E-state index contributed by atoms with van der Waals surface area (Å²) in [5.74, 6) is 0. The van der Waals surface area contributed by atoms with Gasteiger partial charge in [0.15, 0.2) is 0 Å². The highest BCUT2D eigenvalue weighted by molar-refractivity contribution is 7.80. The lowest BCUT2D eigenvalue weighted by molar-refractivity contribution is 0.499. The minimum atomic E-state index is 0.763. The van der Waals surface area contributed by atoms with Crippen molar-refractivity contribution >= 4 is 17.2 Å². The molecule has 0 aliphatic rings. The molecular weight excluding hydrogens is 192 g/mol. The van der Waals surface area contributed by atoms with Gasteiger partial charge in [0.25, 0.3) is 0 Å². The van der Waals surface area contributed by atoms with Crippen LogP contribution >= 0.6 is 12.2 Å². The molecule has 0 spiro atoms. The molecule has 0 radical (unpaired) electrons. The Balaban J connectivity index is 2.49. The first-order valence-electron chi connectivity index (χ1n) is 4.66. The van der Waals surface area contributed by atoms with Crippen molar-refractivity contribution in [1.82, 2.24) is 10.2 Å². The quantitative estimate of drug-likeness (QED) is 0.758. The van der Waals surface area contributed by atoms with Gasteiger partial charge in [0.05, 0.1) is 4.99 Å². The molecule has 76 valence electrons. The van der Waals surface area contributed by atoms with Crippen molar-refractivity contribution in [2.45, 2.75) is 6.54 Å². The molecule has 0 amide bonds. The molecule has 0 fully saturated rings. The summed E-state index contributed by atoms with van der Waals surface area (Å²) >= 11 is 5.24. The number of likely N-dealkylation sites (N-methyl/N-ethyl adjacent to an activating group) is 2. The normalized spacial score (nSPS) is 9.86. The van der Waals surface area contributed by atoms with Crippen LogP contribution in [0.2, 0.25) is 0 Å². The topological polar surface area (TPSA) is 15.3 Å². The van der Waals surface area contributed by atoms with E-state index in [9.17, 15) is 0 Å². The average Bonchev–Trinajstić information content (AvgIpc) is 2.19. The van der Waals surface area contributed by atoms with Crippen LogP contribution in [0.4, 0.5) is 0 Å². The number of thiocarbonyl (C=S) groups is 1. The average molecular weight is 208 g/mol. The van der Waals surface area contributed by atoms with E-state index < -0.39 is 0 Å². The molecule has 0 saturated heterocycles. The number of nitrogens with zero attached hydrogens (tertiary/aromatic N) is 1. The second-order valence-electron chi connectivity index (χ2n) is 3.27.